The van der Waals surface area contributed by atoms with Crippen molar-refractivity contribution in [3.63, 3.8) is 0 Å². The highest BCUT2D eigenvalue weighted by atomic mass is 15.2. The largest absolute Gasteiger partial charge is 0.399 e. The second kappa shape index (κ2) is 25.6. The molecule has 4 nitrogen and oxygen atoms in total. The molecule has 0 bridgehead atoms. The highest BCUT2D eigenvalue weighted by molar-refractivity contribution is 5.97. The Labute approximate surface area is 412 Å². The SMILES string of the molecule is C=C/C(=C\C#CC)C(=C)N.C=NCc1ccccc1.CCC.CC[C@@H](C)Cc1cccc(N2c3ccccc3C=Cc3cc(-c4ccc5c(c4)N(c4cc#ccc4)c4ccccc4C=C5)ccc32)c1. The Kier molecular flexibility index (Phi) is 18.6. The van der Waals surface area contributed by atoms with Crippen molar-refractivity contribution in [2.24, 2.45) is 16.6 Å². The normalized spacial score (nSPS) is 11.9. The molecule has 2 N–H and O–H groups in total. The minimum atomic E-state index is 0.498. The lowest BCUT2D eigenvalue weighted by atomic mass is 9.97. The molecular weight excluding hydrogens is 837 g/mol. The van der Waals surface area contributed by atoms with Gasteiger partial charge in [-0.05, 0) is 131 Å². The van der Waals surface area contributed by atoms with Crippen LogP contribution in [0.4, 0.5) is 34.1 Å². The standard InChI is InChI=1S/C45H36N2.C9H11N.C8H9N.C3H8/c1-3-32(2)28-33-12-11-17-41(29-33)47-43-19-10-8-14-35(43)23-25-39-30-37(26-27-44(39)47)38-24-22-36-21-20-34-13-7-9-18-42(34)46(45(36)31-38)40-15-5-4-6-16-40;1-4-6-7-9(5-2)8(3)10;1-9-7-8-5-3-2-4-6-8;1-3-2/h5,7-27,29-32H,3,28H2,1-2H3;5,7H,2-3,10H2,1H3;2-6H,1,7H2;3H2,1-2H3/b;9-7+;;/t32-;;;/m1.../s1. The molecule has 2 aliphatic heterocycles. The van der Waals surface area contributed by atoms with Crippen LogP contribution in [-0.4, -0.2) is 6.72 Å². The number of para-hydroxylation sites is 2. The molecule has 4 heteroatoms. The van der Waals surface area contributed by atoms with Crippen LogP contribution in [0.1, 0.15) is 80.8 Å². The fraction of sp³-hybridized carbons (Fsp3) is 0.154. The average Bonchev–Trinajstić information content (AvgIpc) is 3.65. The third-order valence-corrected chi connectivity index (χ3v) is 11.6. The Morgan fingerprint density at radius 2 is 1.23 bits per heavy atom. The van der Waals surface area contributed by atoms with Crippen molar-refractivity contribution >= 4 is 65.1 Å². The molecule has 7 aromatic rings. The monoisotopic (exact) mass is 901 g/mol. The van der Waals surface area contributed by atoms with E-state index in [-0.39, 0.29) is 0 Å². The molecule has 0 saturated carbocycles. The van der Waals surface area contributed by atoms with E-state index in [1.165, 1.54) is 74.4 Å². The summed E-state index contributed by atoms with van der Waals surface area (Å²) < 4.78 is 0. The Morgan fingerprint density at radius 3 is 1.84 bits per heavy atom. The lowest BCUT2D eigenvalue weighted by Crippen LogP contribution is -2.12. The van der Waals surface area contributed by atoms with Crippen LogP contribution in [0.2, 0.25) is 0 Å². The van der Waals surface area contributed by atoms with Crippen molar-refractivity contribution in [3.8, 4) is 23.0 Å². The molecule has 2 aliphatic rings. The van der Waals surface area contributed by atoms with Gasteiger partial charge in [-0.3, -0.25) is 4.99 Å². The molecule has 9 rings (SSSR count). The summed E-state index contributed by atoms with van der Waals surface area (Å²) in [7, 11) is 0. The van der Waals surface area contributed by atoms with Gasteiger partial charge in [-0.2, -0.15) is 0 Å². The molecule has 0 spiro atoms. The van der Waals surface area contributed by atoms with Gasteiger partial charge in [-0.1, -0.05) is 199 Å². The van der Waals surface area contributed by atoms with E-state index in [0.717, 1.165) is 35.6 Å². The van der Waals surface area contributed by atoms with Crippen LogP contribution in [0.3, 0.4) is 0 Å². The number of aliphatic imine (C=N–C) groups is 1. The number of fused-ring (bicyclic) bond motifs is 4. The molecule has 0 aromatic heterocycles. The molecule has 7 aromatic carbocycles. The van der Waals surface area contributed by atoms with Crippen molar-refractivity contribution in [1.82, 2.24) is 0 Å². The van der Waals surface area contributed by atoms with Crippen molar-refractivity contribution in [2.75, 3.05) is 9.80 Å². The molecule has 344 valence electrons. The summed E-state index contributed by atoms with van der Waals surface area (Å²) >= 11 is 0. The molecule has 0 radical (unpaired) electrons. The zero-order valence-electron chi connectivity index (χ0n) is 40.9. The van der Waals surface area contributed by atoms with Gasteiger partial charge in [0.1, 0.15) is 0 Å². The second-order valence-electron chi connectivity index (χ2n) is 16.9. The predicted molar refractivity (Wildman–Crippen MR) is 301 cm³/mol. The molecule has 0 fully saturated rings. The highest BCUT2D eigenvalue weighted by Crippen LogP contribution is 2.46. The molecule has 0 aliphatic carbocycles. The minimum Gasteiger partial charge on any atom is -0.399 e. The topological polar surface area (TPSA) is 44.9 Å². The number of hydrogen-bond donors (Lipinski definition) is 1. The molecule has 1 atom stereocenters. The van der Waals surface area contributed by atoms with Gasteiger partial charge in [-0.15, -0.1) is 5.92 Å². The lowest BCUT2D eigenvalue weighted by molar-refractivity contribution is 0.560. The predicted octanol–water partition coefficient (Wildman–Crippen LogP) is 17.3. The van der Waals surface area contributed by atoms with Gasteiger partial charge in [0, 0.05) is 23.0 Å². The van der Waals surface area contributed by atoms with Gasteiger partial charge in [0.25, 0.3) is 0 Å². The molecule has 0 unspecified atom stereocenters. The van der Waals surface area contributed by atoms with Crippen molar-refractivity contribution in [3.05, 3.63) is 240 Å². The molecule has 0 saturated heterocycles. The van der Waals surface area contributed by atoms with E-state index in [1.807, 2.05) is 42.5 Å². The Bertz CT molecular complexity index is 2980. The van der Waals surface area contributed by atoms with Gasteiger partial charge in [-0.25, -0.2) is 0 Å². The first-order valence-electron chi connectivity index (χ1n) is 23.8. The summed E-state index contributed by atoms with van der Waals surface area (Å²) in [4.78, 5) is 8.52. The van der Waals surface area contributed by atoms with E-state index >= 15 is 0 Å². The maximum atomic E-state index is 5.39. The lowest BCUT2D eigenvalue weighted by Gasteiger charge is -2.28. The molecule has 0 amide bonds. The number of nitrogens with zero attached hydrogens (tertiary/aromatic N) is 3. The Hall–Kier alpha value is -8.31. The van der Waals surface area contributed by atoms with Gasteiger partial charge in [0.15, 0.2) is 0 Å². The molecule has 2 heterocycles. The first-order valence-corrected chi connectivity index (χ1v) is 23.8. The van der Waals surface area contributed by atoms with Crippen LogP contribution in [0.15, 0.2) is 199 Å². The van der Waals surface area contributed by atoms with E-state index in [9.17, 15) is 0 Å². The van der Waals surface area contributed by atoms with Crippen molar-refractivity contribution < 1.29 is 0 Å². The highest BCUT2D eigenvalue weighted by Gasteiger charge is 2.23. The van der Waals surface area contributed by atoms with Crippen LogP contribution in [0, 0.1) is 29.9 Å². The van der Waals surface area contributed by atoms with E-state index < -0.39 is 0 Å². The maximum absolute atomic E-state index is 5.39. The summed E-state index contributed by atoms with van der Waals surface area (Å²) in [6.45, 7) is 21.9. The number of rotatable bonds is 10. The van der Waals surface area contributed by atoms with Gasteiger partial charge >= 0.3 is 0 Å². The third-order valence-electron chi connectivity index (χ3n) is 11.6. The summed E-state index contributed by atoms with van der Waals surface area (Å²) in [5, 5.41) is 0. The van der Waals surface area contributed by atoms with Crippen molar-refractivity contribution in [2.45, 2.75) is 60.4 Å². The molecule has 69 heavy (non-hydrogen) atoms. The number of benzene rings is 6. The second-order valence-corrected chi connectivity index (χ2v) is 16.9. The van der Waals surface area contributed by atoms with Gasteiger partial charge in [0.05, 0.1) is 35.0 Å². The summed E-state index contributed by atoms with van der Waals surface area (Å²) in [5.41, 5.74) is 23.3. The molecular formula is C65H64N4. The quantitative estimate of drug-likeness (QED) is 0.0845. The van der Waals surface area contributed by atoms with Crippen LogP contribution in [0.5, 0.6) is 0 Å². The summed E-state index contributed by atoms with van der Waals surface area (Å²) in [6, 6.07) is 62.4. The smallest absolute Gasteiger partial charge is 0.0632 e. The van der Waals surface area contributed by atoms with Crippen molar-refractivity contribution in [1.29, 1.82) is 0 Å². The average molecular weight is 901 g/mol. The summed E-state index contributed by atoms with van der Waals surface area (Å²) in [6.07, 6.45) is 15.8. The summed E-state index contributed by atoms with van der Waals surface area (Å²) in [5.74, 6) is 6.12. The maximum Gasteiger partial charge on any atom is 0.0632 e. The van der Waals surface area contributed by atoms with Crippen LogP contribution >= 0.6 is 0 Å². The zero-order chi connectivity index (χ0) is 49.0. The fourth-order valence-corrected chi connectivity index (χ4v) is 7.96. The number of hydrogen-bond acceptors (Lipinski definition) is 4. The number of allylic oxidation sites excluding steroid dienone is 2. The van der Waals surface area contributed by atoms with Crippen LogP contribution in [0.25, 0.3) is 35.4 Å². The van der Waals surface area contributed by atoms with E-state index in [2.05, 4.69) is 226 Å². The van der Waals surface area contributed by atoms with Gasteiger partial charge < -0.3 is 15.5 Å². The fourth-order valence-electron chi connectivity index (χ4n) is 7.96. The minimum absolute atomic E-state index is 0.498. The van der Waals surface area contributed by atoms with Crippen LogP contribution in [-0.2, 0) is 13.0 Å². The Balaban J connectivity index is 0.000000295. The van der Waals surface area contributed by atoms with E-state index in [1.54, 1.807) is 19.1 Å². The number of anilines is 6. The zero-order valence-corrected chi connectivity index (χ0v) is 40.9. The van der Waals surface area contributed by atoms with Gasteiger partial charge in [0.2, 0.25) is 0 Å². The first kappa shape index (κ1) is 50.1. The van der Waals surface area contributed by atoms with Crippen LogP contribution < -0.4 is 15.5 Å². The first-order chi connectivity index (χ1) is 33.7. The van der Waals surface area contributed by atoms with E-state index in [4.69, 9.17) is 5.73 Å². The Morgan fingerprint density at radius 1 is 0.652 bits per heavy atom. The van der Waals surface area contributed by atoms with E-state index in [0.29, 0.717) is 11.6 Å². The third kappa shape index (κ3) is 13.2. The number of nitrogens with two attached hydrogens (primary N) is 1.